The van der Waals surface area contributed by atoms with Gasteiger partial charge in [0.1, 0.15) is 16.5 Å². The molecular weight excluding hydrogens is 471 g/mol. The van der Waals surface area contributed by atoms with Crippen LogP contribution in [0, 0.1) is 5.82 Å². The van der Waals surface area contributed by atoms with Crippen LogP contribution in [0.2, 0.25) is 0 Å². The summed E-state index contributed by atoms with van der Waals surface area (Å²) in [6.45, 7) is 2.89. The van der Waals surface area contributed by atoms with E-state index in [4.69, 9.17) is 4.74 Å². The Morgan fingerprint density at radius 1 is 1.06 bits per heavy atom. The Balaban J connectivity index is 1.77. The van der Waals surface area contributed by atoms with Gasteiger partial charge in [-0.25, -0.2) is 21.2 Å². The molecule has 0 spiro atoms. The average Bonchev–Trinajstić information content (AvgIpc) is 2.80. The molecule has 0 radical (unpaired) electrons. The summed E-state index contributed by atoms with van der Waals surface area (Å²) in [4.78, 5) is 12.1. The van der Waals surface area contributed by atoms with Gasteiger partial charge in [-0.2, -0.15) is 4.31 Å². The van der Waals surface area contributed by atoms with Gasteiger partial charge in [-0.15, -0.1) is 0 Å². The number of anilines is 1. The lowest BCUT2D eigenvalue weighted by Gasteiger charge is -2.26. The number of halogens is 1. The molecule has 11 heteroatoms. The fourth-order valence-corrected chi connectivity index (χ4v) is 6.42. The molecule has 1 aliphatic heterocycles. The second-order valence-corrected chi connectivity index (χ2v) is 11.6. The van der Waals surface area contributed by atoms with Gasteiger partial charge in [0.15, 0.2) is 9.84 Å². The average molecular weight is 499 g/mol. The molecule has 8 nitrogen and oxygen atoms in total. The van der Waals surface area contributed by atoms with Crippen molar-refractivity contribution in [2.45, 2.75) is 42.4 Å². The molecule has 180 valence electrons. The number of nitrogens with one attached hydrogen (secondary N) is 1. The van der Waals surface area contributed by atoms with Crippen LogP contribution in [-0.4, -0.2) is 52.5 Å². The Labute approximate surface area is 193 Å². The van der Waals surface area contributed by atoms with Crippen molar-refractivity contribution in [2.24, 2.45) is 0 Å². The van der Waals surface area contributed by atoms with E-state index < -0.39 is 48.7 Å². The summed E-state index contributed by atoms with van der Waals surface area (Å²) < 4.78 is 71.6. The van der Waals surface area contributed by atoms with E-state index in [0.29, 0.717) is 13.1 Å². The Morgan fingerprint density at radius 3 is 2.42 bits per heavy atom. The van der Waals surface area contributed by atoms with Gasteiger partial charge in [0.2, 0.25) is 15.9 Å². The number of amides is 1. The molecule has 2 aromatic rings. The number of ether oxygens (including phenoxy) is 1. The third-order valence-corrected chi connectivity index (χ3v) is 8.88. The summed E-state index contributed by atoms with van der Waals surface area (Å²) in [6, 6.07) is 9.16. The van der Waals surface area contributed by atoms with Crippen LogP contribution in [0.5, 0.6) is 5.75 Å². The van der Waals surface area contributed by atoms with Gasteiger partial charge in [-0.05, 0) is 50.1 Å². The first-order valence-corrected chi connectivity index (χ1v) is 13.8. The highest BCUT2D eigenvalue weighted by Gasteiger charge is 2.27. The highest BCUT2D eigenvalue weighted by Crippen LogP contribution is 2.30. The summed E-state index contributed by atoms with van der Waals surface area (Å²) in [5, 5.41) is 2.54. The van der Waals surface area contributed by atoms with E-state index in [-0.39, 0.29) is 22.9 Å². The predicted molar refractivity (Wildman–Crippen MR) is 122 cm³/mol. The number of sulfone groups is 1. The zero-order valence-corrected chi connectivity index (χ0v) is 19.9. The normalized spacial score (nSPS) is 15.2. The van der Waals surface area contributed by atoms with Crippen molar-refractivity contribution in [1.29, 1.82) is 0 Å². The minimum Gasteiger partial charge on any atom is -0.492 e. The Bertz CT molecular complexity index is 1210. The van der Waals surface area contributed by atoms with Gasteiger partial charge in [0.25, 0.3) is 0 Å². The van der Waals surface area contributed by atoms with E-state index in [9.17, 15) is 26.0 Å². The van der Waals surface area contributed by atoms with Gasteiger partial charge in [-0.3, -0.25) is 4.79 Å². The molecule has 1 aliphatic rings. The highest BCUT2D eigenvalue weighted by atomic mass is 32.2. The van der Waals surface area contributed by atoms with Crippen molar-refractivity contribution in [3.8, 4) is 5.75 Å². The minimum atomic E-state index is -4.01. The molecule has 0 saturated carbocycles. The summed E-state index contributed by atoms with van der Waals surface area (Å²) in [7, 11) is -7.75. The number of hydrogen-bond donors (Lipinski definition) is 1. The minimum absolute atomic E-state index is 0.0159. The maximum absolute atomic E-state index is 13.8. The molecule has 2 aromatic carbocycles. The maximum Gasteiger partial charge on any atom is 0.243 e. The van der Waals surface area contributed by atoms with Crippen LogP contribution in [0.4, 0.5) is 10.1 Å². The molecule has 0 atom stereocenters. The molecule has 1 heterocycles. The molecule has 1 N–H and O–H groups in total. The van der Waals surface area contributed by atoms with E-state index in [1.54, 1.807) is 6.92 Å². The zero-order chi connectivity index (χ0) is 24.1. The molecule has 0 aromatic heterocycles. The quantitative estimate of drug-likeness (QED) is 0.569. The predicted octanol–water partition coefficient (Wildman–Crippen LogP) is 3.20. The van der Waals surface area contributed by atoms with E-state index in [1.807, 2.05) is 0 Å². The first kappa shape index (κ1) is 25.1. The smallest absolute Gasteiger partial charge is 0.243 e. The Morgan fingerprint density at radius 2 is 1.76 bits per heavy atom. The van der Waals surface area contributed by atoms with E-state index in [2.05, 4.69) is 5.32 Å². The summed E-state index contributed by atoms with van der Waals surface area (Å²) in [5.74, 6) is -1.88. The molecular formula is C22H27FN2O6S2. The van der Waals surface area contributed by atoms with Crippen molar-refractivity contribution in [2.75, 3.05) is 30.8 Å². The third-order valence-electron chi connectivity index (χ3n) is 5.25. The first-order chi connectivity index (χ1) is 15.6. The van der Waals surface area contributed by atoms with Gasteiger partial charge in [-0.1, -0.05) is 18.6 Å². The summed E-state index contributed by atoms with van der Waals surface area (Å²) >= 11 is 0. The SMILES string of the molecule is CCOc1ccc(S(=O)(=O)N2CCCCC2)cc1NC(=O)CCS(=O)(=O)c1ccccc1F. The van der Waals surface area contributed by atoms with Crippen molar-refractivity contribution in [3.05, 3.63) is 48.3 Å². The lowest BCUT2D eigenvalue weighted by molar-refractivity contribution is -0.115. The largest absolute Gasteiger partial charge is 0.492 e. The molecule has 0 aliphatic carbocycles. The number of benzene rings is 2. The van der Waals surface area contributed by atoms with E-state index in [0.717, 1.165) is 31.4 Å². The van der Waals surface area contributed by atoms with Gasteiger partial charge in [0.05, 0.1) is 22.9 Å². The van der Waals surface area contributed by atoms with E-state index >= 15 is 0 Å². The fourth-order valence-electron chi connectivity index (χ4n) is 3.55. The second-order valence-electron chi connectivity index (χ2n) is 7.60. The number of nitrogens with zero attached hydrogens (tertiary/aromatic N) is 1. The van der Waals surface area contributed by atoms with Gasteiger partial charge >= 0.3 is 0 Å². The third kappa shape index (κ3) is 6.10. The second kappa shape index (κ2) is 10.6. The maximum atomic E-state index is 13.8. The van der Waals surface area contributed by atoms with Crippen molar-refractivity contribution in [3.63, 3.8) is 0 Å². The van der Waals surface area contributed by atoms with Crippen molar-refractivity contribution >= 4 is 31.5 Å². The van der Waals surface area contributed by atoms with Crippen LogP contribution >= 0.6 is 0 Å². The first-order valence-electron chi connectivity index (χ1n) is 10.7. The number of carbonyl (C=O) groups excluding carboxylic acids is 1. The van der Waals surface area contributed by atoms with Crippen LogP contribution in [0.25, 0.3) is 0 Å². The summed E-state index contributed by atoms with van der Waals surface area (Å²) in [6.07, 6.45) is 2.12. The van der Waals surface area contributed by atoms with Gasteiger partial charge in [0, 0.05) is 19.5 Å². The lowest BCUT2D eigenvalue weighted by atomic mass is 10.2. The van der Waals surface area contributed by atoms with Crippen LogP contribution < -0.4 is 10.1 Å². The highest BCUT2D eigenvalue weighted by molar-refractivity contribution is 7.91. The molecule has 0 bridgehead atoms. The number of piperidine rings is 1. The molecule has 0 unspecified atom stereocenters. The number of rotatable bonds is 9. The van der Waals surface area contributed by atoms with Gasteiger partial charge < -0.3 is 10.1 Å². The number of sulfonamides is 1. The van der Waals surface area contributed by atoms with E-state index in [1.165, 1.54) is 34.6 Å². The van der Waals surface area contributed by atoms with Crippen molar-refractivity contribution < 1.29 is 30.8 Å². The fraction of sp³-hybridized carbons (Fsp3) is 0.409. The molecule has 3 rings (SSSR count). The van der Waals surface area contributed by atoms with Crippen molar-refractivity contribution in [1.82, 2.24) is 4.31 Å². The Hall–Kier alpha value is -2.50. The van der Waals surface area contributed by atoms with Crippen LogP contribution in [0.1, 0.15) is 32.6 Å². The zero-order valence-electron chi connectivity index (χ0n) is 18.3. The van der Waals surface area contributed by atoms with Crippen LogP contribution in [-0.2, 0) is 24.7 Å². The number of hydrogen-bond acceptors (Lipinski definition) is 6. The molecule has 1 fully saturated rings. The molecule has 1 amide bonds. The molecule has 33 heavy (non-hydrogen) atoms. The lowest BCUT2D eigenvalue weighted by Crippen LogP contribution is -2.35. The molecule has 1 saturated heterocycles. The standard InChI is InChI=1S/C22H27FN2O6S2/c1-2-31-20-11-10-17(33(29,30)25-13-6-3-7-14-25)16-19(20)24-22(26)12-15-32(27,28)21-9-5-4-8-18(21)23/h4-5,8-11,16H,2-3,6-7,12-15H2,1H3,(H,24,26). The Kier molecular flexibility index (Phi) is 8.09. The summed E-state index contributed by atoms with van der Waals surface area (Å²) in [5.41, 5.74) is 0.128. The van der Waals surface area contributed by atoms with Crippen LogP contribution in [0.3, 0.4) is 0 Å². The number of carbonyl (C=O) groups is 1. The monoisotopic (exact) mass is 498 g/mol. The van der Waals surface area contributed by atoms with Crippen LogP contribution in [0.15, 0.2) is 52.3 Å². The topological polar surface area (TPSA) is 110 Å².